The number of hydrogen-bond acceptors (Lipinski definition) is 4. The third kappa shape index (κ3) is 4.88. The van der Waals surface area contributed by atoms with Crippen molar-refractivity contribution in [3.63, 3.8) is 0 Å². The summed E-state index contributed by atoms with van der Waals surface area (Å²) in [4.78, 5) is 16.8. The van der Waals surface area contributed by atoms with E-state index in [1.165, 1.54) is 11.3 Å². The fourth-order valence-corrected chi connectivity index (χ4v) is 3.11. The molecule has 5 nitrogen and oxygen atoms in total. The molecular weight excluding hydrogens is 326 g/mol. The normalized spacial score (nSPS) is 15.5. The molecule has 0 saturated carbocycles. The molecule has 26 heavy (non-hydrogen) atoms. The van der Waals surface area contributed by atoms with E-state index in [0.29, 0.717) is 18.2 Å². The number of nitrogens with one attached hydrogen (secondary N) is 1. The molecule has 3 rings (SSSR count). The lowest BCUT2D eigenvalue weighted by atomic mass is 10.2. The average molecular weight is 355 g/mol. The van der Waals surface area contributed by atoms with E-state index in [0.717, 1.165) is 38.5 Å². The predicted molar refractivity (Wildman–Crippen MR) is 105 cm³/mol. The number of furan rings is 1. The second-order valence-electron chi connectivity index (χ2n) is 7.47. The zero-order valence-corrected chi connectivity index (χ0v) is 16.0. The van der Waals surface area contributed by atoms with E-state index in [2.05, 4.69) is 60.2 Å². The largest absolute Gasteiger partial charge is 0.455 e. The molecule has 2 heterocycles. The first-order chi connectivity index (χ1) is 12.5. The second-order valence-corrected chi connectivity index (χ2v) is 7.47. The summed E-state index contributed by atoms with van der Waals surface area (Å²) in [5.74, 6) is 1.55. The summed E-state index contributed by atoms with van der Waals surface area (Å²) in [5, 5.41) is 2.89. The minimum Gasteiger partial charge on any atom is -0.455 e. The minimum absolute atomic E-state index is 0.130. The van der Waals surface area contributed by atoms with Crippen LogP contribution in [0.25, 0.3) is 0 Å². The topological polar surface area (TPSA) is 48.7 Å². The summed E-state index contributed by atoms with van der Waals surface area (Å²) in [6.07, 6.45) is 0. The van der Waals surface area contributed by atoms with E-state index < -0.39 is 0 Å². The van der Waals surface area contributed by atoms with Crippen molar-refractivity contribution in [3.05, 3.63) is 53.5 Å². The van der Waals surface area contributed by atoms with Crippen molar-refractivity contribution >= 4 is 11.6 Å². The van der Waals surface area contributed by atoms with Gasteiger partial charge in [-0.05, 0) is 37.1 Å². The van der Waals surface area contributed by atoms with Crippen LogP contribution in [-0.2, 0) is 6.54 Å². The van der Waals surface area contributed by atoms with Gasteiger partial charge in [0.05, 0.1) is 6.54 Å². The van der Waals surface area contributed by atoms with Crippen LogP contribution in [0.1, 0.15) is 35.7 Å². The Kier molecular flexibility index (Phi) is 5.99. The van der Waals surface area contributed by atoms with Crippen LogP contribution in [0.5, 0.6) is 0 Å². The smallest absolute Gasteiger partial charge is 0.287 e. The quantitative estimate of drug-likeness (QED) is 0.864. The lowest BCUT2D eigenvalue weighted by Crippen LogP contribution is -2.45. The Morgan fingerprint density at radius 1 is 1.08 bits per heavy atom. The number of carbonyl (C=O) groups excluding carboxylic acids is 1. The van der Waals surface area contributed by atoms with Gasteiger partial charge in [0.25, 0.3) is 5.91 Å². The molecule has 1 aliphatic rings. The number of rotatable bonds is 6. The highest BCUT2D eigenvalue weighted by molar-refractivity contribution is 5.91. The van der Waals surface area contributed by atoms with Crippen LogP contribution in [0.4, 0.5) is 5.69 Å². The van der Waals surface area contributed by atoms with E-state index in [9.17, 15) is 4.79 Å². The number of nitrogens with zero attached hydrogens (tertiary/aromatic N) is 2. The maximum absolute atomic E-state index is 12.1. The fraction of sp³-hybridized carbons (Fsp3) is 0.476. The number of amides is 1. The minimum atomic E-state index is -0.130. The first-order valence-corrected chi connectivity index (χ1v) is 9.42. The summed E-state index contributed by atoms with van der Waals surface area (Å²) in [5.41, 5.74) is 2.58. The van der Waals surface area contributed by atoms with E-state index in [-0.39, 0.29) is 5.91 Å². The molecule has 1 saturated heterocycles. The van der Waals surface area contributed by atoms with Gasteiger partial charge in [-0.2, -0.15) is 0 Å². The molecule has 0 radical (unpaired) electrons. The summed E-state index contributed by atoms with van der Waals surface area (Å²) < 4.78 is 5.74. The van der Waals surface area contributed by atoms with Crippen molar-refractivity contribution in [2.24, 2.45) is 5.92 Å². The van der Waals surface area contributed by atoms with Crippen LogP contribution in [-0.4, -0.2) is 43.5 Å². The summed E-state index contributed by atoms with van der Waals surface area (Å²) in [6.45, 7) is 11.7. The van der Waals surface area contributed by atoms with Gasteiger partial charge in [0, 0.05) is 38.4 Å². The van der Waals surface area contributed by atoms with Crippen molar-refractivity contribution in [3.8, 4) is 0 Å². The van der Waals surface area contributed by atoms with Crippen molar-refractivity contribution in [1.29, 1.82) is 0 Å². The van der Waals surface area contributed by atoms with Crippen LogP contribution in [0.15, 0.2) is 40.8 Å². The van der Waals surface area contributed by atoms with Crippen LogP contribution >= 0.6 is 0 Å². The van der Waals surface area contributed by atoms with Crippen LogP contribution < -0.4 is 10.2 Å². The SMILES string of the molecule is Cc1ccc(N2CCN(Cc3ccc(C(=O)NCC(C)C)o3)CC2)cc1. The molecule has 5 heteroatoms. The Morgan fingerprint density at radius 3 is 2.42 bits per heavy atom. The van der Waals surface area contributed by atoms with Crippen molar-refractivity contribution in [1.82, 2.24) is 10.2 Å². The third-order valence-corrected chi connectivity index (χ3v) is 4.71. The Hall–Kier alpha value is -2.27. The van der Waals surface area contributed by atoms with Gasteiger partial charge in [-0.3, -0.25) is 9.69 Å². The molecule has 1 aliphatic heterocycles. The van der Waals surface area contributed by atoms with E-state index in [1.807, 2.05) is 6.07 Å². The number of hydrogen-bond donors (Lipinski definition) is 1. The highest BCUT2D eigenvalue weighted by Crippen LogP contribution is 2.18. The molecule has 1 aromatic carbocycles. The highest BCUT2D eigenvalue weighted by Gasteiger charge is 2.19. The molecule has 0 aliphatic carbocycles. The molecule has 0 bridgehead atoms. The molecule has 1 N–H and O–H groups in total. The van der Waals surface area contributed by atoms with Crippen molar-refractivity contribution < 1.29 is 9.21 Å². The van der Waals surface area contributed by atoms with Crippen molar-refractivity contribution in [2.45, 2.75) is 27.3 Å². The van der Waals surface area contributed by atoms with E-state index in [1.54, 1.807) is 6.07 Å². The zero-order chi connectivity index (χ0) is 18.5. The lowest BCUT2D eigenvalue weighted by Gasteiger charge is -2.35. The second kappa shape index (κ2) is 8.41. The maximum atomic E-state index is 12.1. The predicted octanol–water partition coefficient (Wildman–Crippen LogP) is 3.30. The highest BCUT2D eigenvalue weighted by atomic mass is 16.4. The molecular formula is C21H29N3O2. The third-order valence-electron chi connectivity index (χ3n) is 4.71. The molecule has 0 unspecified atom stereocenters. The number of benzene rings is 1. The van der Waals surface area contributed by atoms with Gasteiger partial charge in [0.2, 0.25) is 0 Å². The van der Waals surface area contributed by atoms with Crippen LogP contribution in [0, 0.1) is 12.8 Å². The fourth-order valence-electron chi connectivity index (χ4n) is 3.11. The van der Waals surface area contributed by atoms with Crippen LogP contribution in [0.3, 0.4) is 0 Å². The van der Waals surface area contributed by atoms with Crippen LogP contribution in [0.2, 0.25) is 0 Å². The standard InChI is InChI=1S/C21H29N3O2/c1-16(2)14-22-21(25)20-9-8-19(26-20)15-23-10-12-24(13-11-23)18-6-4-17(3)5-7-18/h4-9,16H,10-15H2,1-3H3,(H,22,25). The van der Waals surface area contributed by atoms with E-state index >= 15 is 0 Å². The maximum Gasteiger partial charge on any atom is 0.287 e. The molecule has 1 amide bonds. The van der Waals surface area contributed by atoms with Gasteiger partial charge < -0.3 is 14.6 Å². The first-order valence-electron chi connectivity index (χ1n) is 9.42. The van der Waals surface area contributed by atoms with E-state index in [4.69, 9.17) is 4.42 Å². The van der Waals surface area contributed by atoms with Gasteiger partial charge in [0.15, 0.2) is 5.76 Å². The first kappa shape index (κ1) is 18.5. The number of anilines is 1. The lowest BCUT2D eigenvalue weighted by molar-refractivity contribution is 0.0917. The Morgan fingerprint density at radius 2 is 1.77 bits per heavy atom. The summed E-state index contributed by atoms with van der Waals surface area (Å²) >= 11 is 0. The Bertz CT molecular complexity index is 713. The number of carbonyl (C=O) groups is 1. The molecule has 0 spiro atoms. The number of piperazine rings is 1. The summed E-state index contributed by atoms with van der Waals surface area (Å²) in [6, 6.07) is 12.4. The average Bonchev–Trinajstić information content (AvgIpc) is 3.10. The van der Waals surface area contributed by atoms with Gasteiger partial charge in [-0.15, -0.1) is 0 Å². The van der Waals surface area contributed by atoms with Gasteiger partial charge in [-0.1, -0.05) is 31.5 Å². The van der Waals surface area contributed by atoms with Crippen molar-refractivity contribution in [2.75, 3.05) is 37.6 Å². The summed E-state index contributed by atoms with van der Waals surface area (Å²) in [7, 11) is 0. The molecule has 0 atom stereocenters. The molecule has 2 aromatic rings. The van der Waals surface area contributed by atoms with Gasteiger partial charge in [-0.25, -0.2) is 0 Å². The Labute approximate surface area is 156 Å². The molecule has 1 fully saturated rings. The monoisotopic (exact) mass is 355 g/mol. The molecule has 140 valence electrons. The Balaban J connectivity index is 1.49. The van der Waals surface area contributed by atoms with Gasteiger partial charge in [0.1, 0.15) is 5.76 Å². The zero-order valence-electron chi connectivity index (χ0n) is 16.0. The van der Waals surface area contributed by atoms with Gasteiger partial charge >= 0.3 is 0 Å². The number of aryl methyl sites for hydroxylation is 1. The molecule has 1 aromatic heterocycles.